The fraction of sp³-hybridized carbons (Fsp3) is 0.667. The first-order valence-electron chi connectivity index (χ1n) is 4.48. The molecule has 0 aromatic carbocycles. The van der Waals surface area contributed by atoms with Crippen LogP contribution in [0.3, 0.4) is 0 Å². The molecule has 3 N–H and O–H groups in total. The maximum Gasteiger partial charge on any atom is 0.148 e. The summed E-state index contributed by atoms with van der Waals surface area (Å²) in [4.78, 5) is 0. The molecule has 2 rings (SSSR count). The fourth-order valence-corrected chi connectivity index (χ4v) is 1.96. The van der Waals surface area contributed by atoms with E-state index in [0.29, 0.717) is 11.7 Å². The van der Waals surface area contributed by atoms with E-state index in [1.807, 2.05) is 6.92 Å². The molecule has 12 heavy (non-hydrogen) atoms. The number of hydrogen-bond acceptors (Lipinski definition) is 2. The molecule has 1 saturated carbocycles. The average Bonchev–Trinajstić information content (AvgIpc) is 2.28. The van der Waals surface area contributed by atoms with Crippen LogP contribution in [0.15, 0.2) is 0 Å². The molecule has 0 unspecified atom stereocenters. The number of aromatic nitrogens is 2. The van der Waals surface area contributed by atoms with Crippen LogP contribution in [0, 0.1) is 12.8 Å². The Morgan fingerprint density at radius 3 is 2.58 bits per heavy atom. The Hall–Kier alpha value is -0.990. The first kappa shape index (κ1) is 7.65. The number of nitrogens with zero attached hydrogens (tertiary/aromatic N) is 1. The minimum atomic E-state index is 0.657. The third kappa shape index (κ3) is 1.00. The highest BCUT2D eigenvalue weighted by atomic mass is 15.2. The van der Waals surface area contributed by atoms with Crippen molar-refractivity contribution in [3.05, 3.63) is 11.3 Å². The molecule has 0 saturated heterocycles. The van der Waals surface area contributed by atoms with Crippen LogP contribution in [-0.2, 0) is 0 Å². The highest BCUT2D eigenvalue weighted by molar-refractivity contribution is 5.42. The van der Waals surface area contributed by atoms with Gasteiger partial charge in [0.25, 0.3) is 0 Å². The van der Waals surface area contributed by atoms with Crippen LogP contribution in [0.1, 0.15) is 36.9 Å². The summed E-state index contributed by atoms with van der Waals surface area (Å²) >= 11 is 0. The Labute approximate surface area is 72.4 Å². The summed E-state index contributed by atoms with van der Waals surface area (Å²) in [5, 5.41) is 7.02. The minimum absolute atomic E-state index is 0.657. The van der Waals surface area contributed by atoms with Crippen LogP contribution in [0.4, 0.5) is 5.82 Å². The SMILES string of the molecule is Cc1c(N)n[nH]c1C1CC(C)C1. The number of nitrogens with one attached hydrogen (secondary N) is 1. The van der Waals surface area contributed by atoms with E-state index >= 15 is 0 Å². The molecule has 1 heterocycles. The Morgan fingerprint density at radius 2 is 2.17 bits per heavy atom. The zero-order chi connectivity index (χ0) is 8.72. The van der Waals surface area contributed by atoms with Gasteiger partial charge in [0, 0.05) is 17.2 Å². The van der Waals surface area contributed by atoms with Crippen LogP contribution in [-0.4, -0.2) is 10.2 Å². The maximum absolute atomic E-state index is 5.65. The van der Waals surface area contributed by atoms with Crippen molar-refractivity contribution in [3.8, 4) is 0 Å². The van der Waals surface area contributed by atoms with Gasteiger partial charge < -0.3 is 5.73 Å². The number of rotatable bonds is 1. The lowest BCUT2D eigenvalue weighted by Gasteiger charge is -2.32. The van der Waals surface area contributed by atoms with Crippen molar-refractivity contribution in [1.29, 1.82) is 0 Å². The molecular formula is C9H15N3. The molecule has 0 bridgehead atoms. The van der Waals surface area contributed by atoms with Gasteiger partial charge in [-0.3, -0.25) is 5.10 Å². The van der Waals surface area contributed by atoms with E-state index in [0.717, 1.165) is 11.5 Å². The van der Waals surface area contributed by atoms with Gasteiger partial charge >= 0.3 is 0 Å². The second-order valence-corrected chi connectivity index (χ2v) is 3.92. The highest BCUT2D eigenvalue weighted by Crippen LogP contribution is 2.41. The van der Waals surface area contributed by atoms with Gasteiger partial charge in [0.1, 0.15) is 5.82 Å². The van der Waals surface area contributed by atoms with Gasteiger partial charge in [0.15, 0.2) is 0 Å². The molecule has 0 amide bonds. The zero-order valence-electron chi connectivity index (χ0n) is 7.59. The van der Waals surface area contributed by atoms with E-state index in [4.69, 9.17) is 5.73 Å². The summed E-state index contributed by atoms with van der Waals surface area (Å²) in [5.74, 6) is 2.22. The summed E-state index contributed by atoms with van der Waals surface area (Å²) in [6.45, 7) is 4.32. The Kier molecular flexibility index (Phi) is 1.60. The molecule has 66 valence electrons. The number of nitrogens with two attached hydrogens (primary N) is 1. The van der Waals surface area contributed by atoms with Crippen molar-refractivity contribution in [2.75, 3.05) is 5.73 Å². The topological polar surface area (TPSA) is 54.7 Å². The smallest absolute Gasteiger partial charge is 0.148 e. The van der Waals surface area contributed by atoms with Crippen LogP contribution in [0.5, 0.6) is 0 Å². The van der Waals surface area contributed by atoms with Crippen molar-refractivity contribution in [1.82, 2.24) is 10.2 Å². The van der Waals surface area contributed by atoms with E-state index in [1.165, 1.54) is 18.5 Å². The Bertz CT molecular complexity index is 284. The quantitative estimate of drug-likeness (QED) is 0.666. The summed E-state index contributed by atoms with van der Waals surface area (Å²) < 4.78 is 0. The van der Waals surface area contributed by atoms with E-state index in [1.54, 1.807) is 0 Å². The first-order chi connectivity index (χ1) is 5.68. The summed E-state index contributed by atoms with van der Waals surface area (Å²) in [7, 11) is 0. The van der Waals surface area contributed by atoms with E-state index < -0.39 is 0 Å². The molecule has 1 fully saturated rings. The van der Waals surface area contributed by atoms with Gasteiger partial charge in [-0.2, -0.15) is 5.10 Å². The normalized spacial score (nSPS) is 28.5. The lowest BCUT2D eigenvalue weighted by atomic mass is 9.74. The average molecular weight is 165 g/mol. The number of nitrogen functional groups attached to an aromatic ring is 1. The minimum Gasteiger partial charge on any atom is -0.382 e. The van der Waals surface area contributed by atoms with Crippen LogP contribution < -0.4 is 5.73 Å². The summed E-state index contributed by atoms with van der Waals surface area (Å²) in [5.41, 5.74) is 8.05. The monoisotopic (exact) mass is 165 g/mol. The lowest BCUT2D eigenvalue weighted by Crippen LogP contribution is -2.19. The molecule has 0 aliphatic heterocycles. The number of aromatic amines is 1. The predicted molar refractivity (Wildman–Crippen MR) is 48.9 cm³/mol. The van der Waals surface area contributed by atoms with Crippen LogP contribution >= 0.6 is 0 Å². The second-order valence-electron chi connectivity index (χ2n) is 3.92. The molecule has 1 aromatic heterocycles. The van der Waals surface area contributed by atoms with Gasteiger partial charge in [-0.15, -0.1) is 0 Å². The van der Waals surface area contributed by atoms with Gasteiger partial charge in [-0.25, -0.2) is 0 Å². The van der Waals surface area contributed by atoms with Crippen LogP contribution in [0.25, 0.3) is 0 Å². The van der Waals surface area contributed by atoms with E-state index in [-0.39, 0.29) is 0 Å². The van der Waals surface area contributed by atoms with Gasteiger partial charge in [0.05, 0.1) is 0 Å². The number of H-pyrrole nitrogens is 1. The van der Waals surface area contributed by atoms with Gasteiger partial charge in [-0.1, -0.05) is 6.92 Å². The first-order valence-corrected chi connectivity index (χ1v) is 4.48. The Morgan fingerprint density at radius 1 is 1.50 bits per heavy atom. The summed E-state index contributed by atoms with van der Waals surface area (Å²) in [6.07, 6.45) is 2.56. The van der Waals surface area contributed by atoms with Crippen molar-refractivity contribution < 1.29 is 0 Å². The standard InChI is InChI=1S/C9H15N3/c1-5-3-7(4-5)8-6(2)9(10)12-11-8/h5,7H,3-4H2,1-2H3,(H3,10,11,12). The molecule has 0 spiro atoms. The number of hydrogen-bond donors (Lipinski definition) is 2. The Balaban J connectivity index is 2.18. The molecular weight excluding hydrogens is 150 g/mol. The second kappa shape index (κ2) is 2.51. The largest absolute Gasteiger partial charge is 0.382 e. The van der Waals surface area contributed by atoms with Crippen molar-refractivity contribution in [2.24, 2.45) is 5.92 Å². The van der Waals surface area contributed by atoms with E-state index in [9.17, 15) is 0 Å². The molecule has 1 aromatic rings. The van der Waals surface area contributed by atoms with Gasteiger partial charge in [0.2, 0.25) is 0 Å². The van der Waals surface area contributed by atoms with Crippen molar-refractivity contribution in [3.63, 3.8) is 0 Å². The highest BCUT2D eigenvalue weighted by Gasteiger charge is 2.29. The third-order valence-electron chi connectivity index (χ3n) is 2.87. The summed E-state index contributed by atoms with van der Waals surface area (Å²) in [6, 6.07) is 0. The molecule has 0 radical (unpaired) electrons. The number of anilines is 1. The van der Waals surface area contributed by atoms with Gasteiger partial charge in [-0.05, 0) is 25.7 Å². The lowest BCUT2D eigenvalue weighted by molar-refractivity contribution is 0.282. The molecule has 0 atom stereocenters. The maximum atomic E-state index is 5.65. The van der Waals surface area contributed by atoms with Crippen LogP contribution in [0.2, 0.25) is 0 Å². The molecule has 1 aliphatic carbocycles. The third-order valence-corrected chi connectivity index (χ3v) is 2.87. The molecule has 1 aliphatic rings. The van der Waals surface area contributed by atoms with Crippen molar-refractivity contribution >= 4 is 5.82 Å². The van der Waals surface area contributed by atoms with E-state index in [2.05, 4.69) is 17.1 Å². The van der Waals surface area contributed by atoms with Crippen molar-refractivity contribution in [2.45, 2.75) is 32.6 Å². The zero-order valence-corrected chi connectivity index (χ0v) is 7.59. The molecule has 3 heteroatoms. The fourth-order valence-electron chi connectivity index (χ4n) is 1.96. The molecule has 3 nitrogen and oxygen atoms in total. The predicted octanol–water partition coefficient (Wildman–Crippen LogP) is 1.81.